The van der Waals surface area contributed by atoms with E-state index in [4.69, 9.17) is 0 Å². The summed E-state index contributed by atoms with van der Waals surface area (Å²) >= 11 is 0. The Morgan fingerprint density at radius 1 is 0.373 bits per heavy atom. The number of anilines is 3. The lowest BCUT2D eigenvalue weighted by molar-refractivity contribution is 0.592. The van der Waals surface area contributed by atoms with Crippen LogP contribution in [0.2, 0.25) is 0 Å². The highest BCUT2D eigenvalue weighted by Gasteiger charge is 2.28. The van der Waals surface area contributed by atoms with Gasteiger partial charge in [-0.15, -0.1) is 0 Å². The highest BCUT2D eigenvalue weighted by molar-refractivity contribution is 6.13. The van der Waals surface area contributed by atoms with Crippen LogP contribution in [0.3, 0.4) is 0 Å². The molecule has 0 bridgehead atoms. The standard InChI is InChI=1S/C50H37N/c1-50(2,3)47-25-23-34-15-8-10-18-42(34)49(47)51(48-19-11-16-33-14-7-9-17-41(33)48)40-24-22-37-29-44-43-28-36-21-20-35(32-12-5-4-6-13-32)26-38(36)30-45(43)46(44)31-39(37)27-40/h4-31H,1-3H3. The molecule has 10 rings (SSSR count). The Balaban J connectivity index is 1.17. The van der Waals surface area contributed by atoms with Crippen molar-refractivity contribution >= 4 is 60.2 Å². The molecule has 1 nitrogen and oxygen atoms in total. The van der Waals surface area contributed by atoms with Gasteiger partial charge < -0.3 is 4.90 Å². The zero-order chi connectivity index (χ0) is 34.3. The molecule has 0 fully saturated rings. The van der Waals surface area contributed by atoms with E-state index >= 15 is 0 Å². The second-order valence-corrected chi connectivity index (χ2v) is 15.0. The van der Waals surface area contributed by atoms with Gasteiger partial charge in [-0.3, -0.25) is 0 Å². The van der Waals surface area contributed by atoms with E-state index in [-0.39, 0.29) is 5.41 Å². The van der Waals surface area contributed by atoms with Crippen LogP contribution in [0.4, 0.5) is 17.1 Å². The third-order valence-corrected chi connectivity index (χ3v) is 10.8. The van der Waals surface area contributed by atoms with Gasteiger partial charge in [-0.05, 0) is 125 Å². The average Bonchev–Trinajstić information content (AvgIpc) is 3.16. The van der Waals surface area contributed by atoms with Crippen molar-refractivity contribution in [1.82, 2.24) is 0 Å². The first kappa shape index (κ1) is 29.7. The number of fused-ring (bicyclic) bond motifs is 8. The number of rotatable bonds is 4. The van der Waals surface area contributed by atoms with Gasteiger partial charge in [-0.1, -0.05) is 142 Å². The fraction of sp³-hybridized carbons (Fsp3) is 0.0800. The Bertz CT molecular complexity index is 2830. The second kappa shape index (κ2) is 11.2. The van der Waals surface area contributed by atoms with Crippen LogP contribution in [-0.4, -0.2) is 0 Å². The summed E-state index contributed by atoms with van der Waals surface area (Å²) in [7, 11) is 0. The average molecular weight is 652 g/mol. The number of benzene rings is 9. The molecule has 0 unspecified atom stereocenters. The first-order valence-electron chi connectivity index (χ1n) is 17.9. The fourth-order valence-corrected chi connectivity index (χ4v) is 8.25. The molecule has 242 valence electrons. The molecule has 0 atom stereocenters. The van der Waals surface area contributed by atoms with E-state index in [1.54, 1.807) is 0 Å². The fourth-order valence-electron chi connectivity index (χ4n) is 8.25. The lowest BCUT2D eigenvalue weighted by Gasteiger charge is -2.34. The summed E-state index contributed by atoms with van der Waals surface area (Å²) < 4.78 is 0. The molecular weight excluding hydrogens is 615 g/mol. The quantitative estimate of drug-likeness (QED) is 0.183. The second-order valence-electron chi connectivity index (χ2n) is 15.0. The zero-order valence-corrected chi connectivity index (χ0v) is 29.1. The minimum Gasteiger partial charge on any atom is -0.309 e. The van der Waals surface area contributed by atoms with Crippen molar-refractivity contribution in [2.45, 2.75) is 26.2 Å². The molecule has 0 saturated heterocycles. The van der Waals surface area contributed by atoms with Gasteiger partial charge in [0.15, 0.2) is 0 Å². The maximum absolute atomic E-state index is 2.52. The van der Waals surface area contributed by atoms with Crippen LogP contribution >= 0.6 is 0 Å². The van der Waals surface area contributed by atoms with Gasteiger partial charge in [0.05, 0.1) is 11.4 Å². The van der Waals surface area contributed by atoms with Gasteiger partial charge in [0, 0.05) is 16.5 Å². The van der Waals surface area contributed by atoms with E-state index in [0.717, 1.165) is 5.69 Å². The Labute approximate surface area is 299 Å². The first-order chi connectivity index (χ1) is 24.9. The molecule has 0 saturated carbocycles. The summed E-state index contributed by atoms with van der Waals surface area (Å²) in [5.41, 5.74) is 12.7. The van der Waals surface area contributed by atoms with E-state index < -0.39 is 0 Å². The Morgan fingerprint density at radius 2 is 0.922 bits per heavy atom. The van der Waals surface area contributed by atoms with Crippen molar-refractivity contribution in [2.75, 3.05) is 4.90 Å². The van der Waals surface area contributed by atoms with E-state index in [2.05, 4.69) is 196 Å². The Hall–Kier alpha value is -6.18. The third-order valence-electron chi connectivity index (χ3n) is 10.8. The Kier molecular flexibility index (Phi) is 6.51. The first-order valence-corrected chi connectivity index (χ1v) is 17.9. The van der Waals surface area contributed by atoms with Crippen LogP contribution in [0, 0.1) is 0 Å². The minimum absolute atomic E-state index is 0.0746. The summed E-state index contributed by atoms with van der Waals surface area (Å²) in [6.07, 6.45) is 0. The highest BCUT2D eigenvalue weighted by Crippen LogP contribution is 2.52. The maximum Gasteiger partial charge on any atom is 0.0577 e. The third kappa shape index (κ3) is 4.77. The van der Waals surface area contributed by atoms with Gasteiger partial charge in [0.25, 0.3) is 0 Å². The van der Waals surface area contributed by atoms with Crippen LogP contribution < -0.4 is 4.90 Å². The Morgan fingerprint density at radius 3 is 1.63 bits per heavy atom. The molecule has 0 amide bonds. The van der Waals surface area contributed by atoms with Gasteiger partial charge >= 0.3 is 0 Å². The number of hydrogen-bond acceptors (Lipinski definition) is 1. The van der Waals surface area contributed by atoms with Crippen molar-refractivity contribution in [3.8, 4) is 33.4 Å². The molecule has 0 spiro atoms. The predicted molar refractivity (Wildman–Crippen MR) is 220 cm³/mol. The molecule has 0 heterocycles. The largest absolute Gasteiger partial charge is 0.309 e. The summed E-state index contributed by atoms with van der Waals surface area (Å²) in [5, 5.41) is 10.0. The van der Waals surface area contributed by atoms with Crippen LogP contribution in [0.1, 0.15) is 26.3 Å². The molecular formula is C50H37N. The van der Waals surface area contributed by atoms with Gasteiger partial charge in [0.2, 0.25) is 0 Å². The molecule has 1 aliphatic carbocycles. The van der Waals surface area contributed by atoms with Crippen molar-refractivity contribution in [1.29, 1.82) is 0 Å². The molecule has 0 aliphatic heterocycles. The summed E-state index contributed by atoms with van der Waals surface area (Å²) in [5.74, 6) is 0. The number of hydrogen-bond donors (Lipinski definition) is 0. The van der Waals surface area contributed by atoms with Gasteiger partial charge in [-0.2, -0.15) is 0 Å². The lowest BCUT2D eigenvalue weighted by Crippen LogP contribution is -2.19. The van der Waals surface area contributed by atoms with Crippen LogP contribution in [-0.2, 0) is 5.41 Å². The van der Waals surface area contributed by atoms with Gasteiger partial charge in [0.1, 0.15) is 0 Å². The lowest BCUT2D eigenvalue weighted by atomic mass is 9.77. The summed E-state index contributed by atoms with van der Waals surface area (Å²) in [6, 6.07) is 63.0. The van der Waals surface area contributed by atoms with Crippen molar-refractivity contribution in [3.05, 3.63) is 175 Å². The van der Waals surface area contributed by atoms with E-state index in [0.29, 0.717) is 0 Å². The molecule has 1 heteroatoms. The molecule has 51 heavy (non-hydrogen) atoms. The van der Waals surface area contributed by atoms with Crippen LogP contribution in [0.25, 0.3) is 76.5 Å². The summed E-state index contributed by atoms with van der Waals surface area (Å²) in [4.78, 5) is 2.52. The smallest absolute Gasteiger partial charge is 0.0577 e. The van der Waals surface area contributed by atoms with Crippen molar-refractivity contribution < 1.29 is 0 Å². The molecule has 9 aromatic carbocycles. The number of nitrogens with zero attached hydrogens (tertiary/aromatic N) is 1. The maximum atomic E-state index is 2.52. The molecule has 0 radical (unpaired) electrons. The van der Waals surface area contributed by atoms with Crippen LogP contribution in [0.5, 0.6) is 0 Å². The predicted octanol–water partition coefficient (Wildman–Crippen LogP) is 14.4. The topological polar surface area (TPSA) is 3.24 Å². The minimum atomic E-state index is -0.0746. The molecule has 0 N–H and O–H groups in total. The van der Waals surface area contributed by atoms with E-state index in [9.17, 15) is 0 Å². The van der Waals surface area contributed by atoms with E-state index in [1.807, 2.05) is 0 Å². The monoisotopic (exact) mass is 651 g/mol. The zero-order valence-electron chi connectivity index (χ0n) is 29.1. The normalized spacial score (nSPS) is 12.2. The molecule has 1 aliphatic rings. The summed E-state index contributed by atoms with van der Waals surface area (Å²) in [6.45, 7) is 6.98. The highest BCUT2D eigenvalue weighted by atomic mass is 15.1. The van der Waals surface area contributed by atoms with Gasteiger partial charge in [-0.25, -0.2) is 0 Å². The molecule has 9 aromatic rings. The van der Waals surface area contributed by atoms with Crippen molar-refractivity contribution in [2.24, 2.45) is 0 Å². The van der Waals surface area contributed by atoms with Crippen LogP contribution in [0.15, 0.2) is 170 Å². The van der Waals surface area contributed by atoms with Crippen molar-refractivity contribution in [3.63, 3.8) is 0 Å². The van der Waals surface area contributed by atoms with E-state index in [1.165, 1.54) is 93.4 Å². The molecule has 0 aromatic heterocycles. The SMILES string of the molecule is CC(C)(C)c1ccc2ccccc2c1N(c1ccc2cc3c(cc2c1)-c1cc2cc(-c4ccccc4)ccc2cc1-3)c1cccc2ccccc12.